The molecule has 4 atom stereocenters. The molecule has 2 rings (SSSR count). The molecule has 0 N–H and O–H groups in total. The molecule has 128 valence electrons. The maximum Gasteiger partial charge on any atom is 0.233 e. The Labute approximate surface area is 137 Å². The van der Waals surface area contributed by atoms with Crippen molar-refractivity contribution in [2.45, 2.75) is 64.8 Å². The highest BCUT2D eigenvalue weighted by molar-refractivity contribution is 6.06. The first kappa shape index (κ1) is 17.7. The van der Waals surface area contributed by atoms with E-state index in [1.54, 1.807) is 0 Å². The summed E-state index contributed by atoms with van der Waals surface area (Å²) in [6.45, 7) is 7.71. The molecule has 0 radical (unpaired) electrons. The summed E-state index contributed by atoms with van der Waals surface area (Å²) in [5, 5.41) is 11.3. The predicted octanol–water partition coefficient (Wildman–Crippen LogP) is 1.66. The lowest BCUT2D eigenvalue weighted by atomic mass is 9.76. The first-order chi connectivity index (χ1) is 10.9. The summed E-state index contributed by atoms with van der Waals surface area (Å²) in [5.74, 6) is -1.94. The number of likely N-dealkylation sites (tertiary alicyclic amines) is 1. The van der Waals surface area contributed by atoms with Crippen molar-refractivity contribution in [2.75, 3.05) is 0 Å². The molecule has 1 aliphatic carbocycles. The van der Waals surface area contributed by atoms with Crippen LogP contribution >= 0.6 is 0 Å². The summed E-state index contributed by atoms with van der Waals surface area (Å²) in [6, 6.07) is -0.757. The summed E-state index contributed by atoms with van der Waals surface area (Å²) in [5.41, 5.74) is -0.158. The van der Waals surface area contributed by atoms with Crippen LogP contribution in [0.1, 0.15) is 58.8 Å². The number of carbonyl (C=O) groups excluding carboxylic acids is 3. The van der Waals surface area contributed by atoms with Crippen LogP contribution in [0.3, 0.4) is 0 Å². The number of rotatable bonds is 7. The Hall–Kier alpha value is -1.65. The number of imide groups is 1. The molecule has 2 amide bonds. The number of carboxylic acids is 1. The Morgan fingerprint density at radius 1 is 1.26 bits per heavy atom. The molecule has 1 saturated carbocycles. The normalized spacial score (nSPS) is 28.6. The number of fused-ring (bicyclic) bond motifs is 1. The van der Waals surface area contributed by atoms with Crippen LogP contribution < -0.4 is 5.11 Å². The molecule has 5 heteroatoms. The summed E-state index contributed by atoms with van der Waals surface area (Å²) in [6.07, 6.45) is 5.49. The molecule has 2 fully saturated rings. The van der Waals surface area contributed by atoms with Crippen LogP contribution in [0.25, 0.3) is 0 Å². The Morgan fingerprint density at radius 2 is 1.91 bits per heavy atom. The second-order valence-electron chi connectivity index (χ2n) is 7.00. The van der Waals surface area contributed by atoms with Gasteiger partial charge >= 0.3 is 0 Å². The van der Waals surface area contributed by atoms with Gasteiger partial charge in [0.15, 0.2) is 0 Å². The minimum atomic E-state index is -1.38. The molecule has 23 heavy (non-hydrogen) atoms. The number of aliphatic carboxylic acids is 1. The van der Waals surface area contributed by atoms with E-state index in [4.69, 9.17) is 0 Å². The van der Waals surface area contributed by atoms with Gasteiger partial charge in [0.05, 0.1) is 23.8 Å². The third-order valence-corrected chi connectivity index (χ3v) is 5.28. The van der Waals surface area contributed by atoms with Gasteiger partial charge in [-0.15, -0.1) is 0 Å². The number of nitrogens with zero attached hydrogens (tertiary/aromatic N) is 1. The molecule has 0 spiro atoms. The number of carbonyl (C=O) groups is 3. The molecular formula is C18H26NO4-. The van der Waals surface area contributed by atoms with Gasteiger partial charge in [-0.2, -0.15) is 0 Å². The third kappa shape index (κ3) is 3.48. The molecule has 0 aromatic carbocycles. The van der Waals surface area contributed by atoms with Gasteiger partial charge in [-0.25, -0.2) is 0 Å². The summed E-state index contributed by atoms with van der Waals surface area (Å²) in [7, 11) is 0. The van der Waals surface area contributed by atoms with Crippen LogP contribution in [0.2, 0.25) is 0 Å². The average Bonchev–Trinajstić information content (AvgIpc) is 2.75. The Morgan fingerprint density at radius 3 is 2.52 bits per heavy atom. The highest BCUT2D eigenvalue weighted by atomic mass is 16.4. The van der Waals surface area contributed by atoms with Crippen LogP contribution in [-0.2, 0) is 14.4 Å². The minimum absolute atomic E-state index is 0.158. The van der Waals surface area contributed by atoms with Crippen molar-refractivity contribution in [3.63, 3.8) is 0 Å². The molecule has 1 aliphatic heterocycles. The quantitative estimate of drug-likeness (QED) is 0.406. The van der Waals surface area contributed by atoms with E-state index in [1.807, 2.05) is 6.92 Å². The van der Waals surface area contributed by atoms with Crippen molar-refractivity contribution in [3.05, 3.63) is 12.2 Å². The van der Waals surface area contributed by atoms with Gasteiger partial charge in [0, 0.05) is 0 Å². The van der Waals surface area contributed by atoms with E-state index in [9.17, 15) is 19.5 Å². The van der Waals surface area contributed by atoms with E-state index >= 15 is 0 Å². The van der Waals surface area contributed by atoms with Gasteiger partial charge in [0.1, 0.15) is 0 Å². The average molecular weight is 320 g/mol. The maximum absolute atomic E-state index is 12.7. The highest BCUT2D eigenvalue weighted by Gasteiger charge is 2.51. The third-order valence-electron chi connectivity index (χ3n) is 5.28. The lowest BCUT2D eigenvalue weighted by Crippen LogP contribution is -2.45. The smallest absolute Gasteiger partial charge is 0.233 e. The predicted molar refractivity (Wildman–Crippen MR) is 83.9 cm³/mol. The molecule has 0 bridgehead atoms. The zero-order valence-corrected chi connectivity index (χ0v) is 14.0. The van der Waals surface area contributed by atoms with E-state index < -0.39 is 12.0 Å². The molecule has 1 heterocycles. The number of amides is 2. The van der Waals surface area contributed by atoms with Crippen LogP contribution in [0.4, 0.5) is 0 Å². The fourth-order valence-electron chi connectivity index (χ4n) is 3.91. The van der Waals surface area contributed by atoms with Gasteiger partial charge < -0.3 is 9.90 Å². The number of hydrogen-bond donors (Lipinski definition) is 0. The largest absolute Gasteiger partial charge is 0.545 e. The van der Waals surface area contributed by atoms with Gasteiger partial charge in [-0.05, 0) is 37.2 Å². The van der Waals surface area contributed by atoms with E-state index in [0.717, 1.165) is 25.7 Å². The van der Waals surface area contributed by atoms with Gasteiger partial charge in [0.25, 0.3) is 0 Å². The molecule has 5 nitrogen and oxygen atoms in total. The Bertz CT molecular complexity index is 513. The van der Waals surface area contributed by atoms with Crippen molar-refractivity contribution < 1.29 is 19.5 Å². The van der Waals surface area contributed by atoms with E-state index in [2.05, 4.69) is 13.5 Å². The zero-order valence-electron chi connectivity index (χ0n) is 14.0. The molecular weight excluding hydrogens is 294 g/mol. The minimum Gasteiger partial charge on any atom is -0.545 e. The van der Waals surface area contributed by atoms with E-state index in [1.165, 1.54) is 4.90 Å². The van der Waals surface area contributed by atoms with Crippen molar-refractivity contribution in [3.8, 4) is 0 Å². The SMILES string of the molecule is C=C(C(=O)[O-])C(CCCCC)N1C(=O)C2CCC(C)CC2C1=O. The lowest BCUT2D eigenvalue weighted by Gasteiger charge is -2.29. The maximum atomic E-state index is 12.7. The van der Waals surface area contributed by atoms with Crippen LogP contribution in [0.5, 0.6) is 0 Å². The molecule has 1 saturated heterocycles. The number of unbranched alkanes of at least 4 members (excludes halogenated alkanes) is 2. The van der Waals surface area contributed by atoms with Crippen LogP contribution in [-0.4, -0.2) is 28.7 Å². The van der Waals surface area contributed by atoms with Gasteiger partial charge in [0.2, 0.25) is 11.8 Å². The highest BCUT2D eigenvalue weighted by Crippen LogP contribution is 2.42. The second kappa shape index (κ2) is 7.28. The van der Waals surface area contributed by atoms with Crippen LogP contribution in [0.15, 0.2) is 12.2 Å². The van der Waals surface area contributed by atoms with Crippen molar-refractivity contribution in [1.82, 2.24) is 4.90 Å². The standard InChI is InChI=1S/C18H27NO4/c1-4-5-6-7-15(12(3)18(22)23)19-16(20)13-9-8-11(2)10-14(13)17(19)21/h11,13-15H,3-10H2,1-2H3,(H,22,23)/p-1. The second-order valence-corrected chi connectivity index (χ2v) is 7.00. The summed E-state index contributed by atoms with van der Waals surface area (Å²) >= 11 is 0. The van der Waals surface area contributed by atoms with E-state index in [-0.39, 0.29) is 29.2 Å². The Kier molecular flexibility index (Phi) is 5.60. The van der Waals surface area contributed by atoms with Gasteiger partial charge in [-0.1, -0.05) is 39.7 Å². The van der Waals surface area contributed by atoms with Gasteiger partial charge in [-0.3, -0.25) is 14.5 Å². The first-order valence-electron chi connectivity index (χ1n) is 8.65. The zero-order chi connectivity index (χ0) is 17.1. The van der Waals surface area contributed by atoms with E-state index in [0.29, 0.717) is 25.2 Å². The monoisotopic (exact) mass is 320 g/mol. The molecule has 2 aliphatic rings. The Balaban J connectivity index is 2.23. The molecule has 0 aromatic heterocycles. The van der Waals surface area contributed by atoms with Crippen LogP contribution in [0, 0.1) is 17.8 Å². The fourth-order valence-corrected chi connectivity index (χ4v) is 3.91. The summed E-state index contributed by atoms with van der Waals surface area (Å²) < 4.78 is 0. The molecule has 0 aromatic rings. The first-order valence-corrected chi connectivity index (χ1v) is 8.65. The van der Waals surface area contributed by atoms with Crippen molar-refractivity contribution in [2.24, 2.45) is 17.8 Å². The lowest BCUT2D eigenvalue weighted by molar-refractivity contribution is -0.299. The van der Waals surface area contributed by atoms with Crippen molar-refractivity contribution >= 4 is 17.8 Å². The fraction of sp³-hybridized carbons (Fsp3) is 0.722. The number of carboxylic acid groups (broad SMARTS) is 1. The summed E-state index contributed by atoms with van der Waals surface area (Å²) in [4.78, 5) is 37.9. The number of hydrogen-bond acceptors (Lipinski definition) is 4. The molecule has 4 unspecified atom stereocenters. The van der Waals surface area contributed by atoms with Crippen molar-refractivity contribution in [1.29, 1.82) is 0 Å². The topological polar surface area (TPSA) is 77.5 Å².